The van der Waals surface area contributed by atoms with E-state index in [1.807, 2.05) is 66.7 Å². The molecule has 0 saturated carbocycles. The van der Waals surface area contributed by atoms with Crippen molar-refractivity contribution in [1.82, 2.24) is 0 Å². The first-order chi connectivity index (χ1) is 11.8. The van der Waals surface area contributed by atoms with Gasteiger partial charge in [0.05, 0.1) is 5.92 Å². The molecule has 0 N–H and O–H groups in total. The number of hydrogen-bond donors (Lipinski definition) is 0. The first-order valence-electron chi connectivity index (χ1n) is 8.08. The highest BCUT2D eigenvalue weighted by Gasteiger charge is 2.28. The third-order valence-corrected chi connectivity index (χ3v) is 4.04. The molecule has 3 aromatic rings. The van der Waals surface area contributed by atoms with E-state index in [4.69, 9.17) is 4.74 Å². The molecule has 2 nitrogen and oxygen atoms in total. The summed E-state index contributed by atoms with van der Waals surface area (Å²) in [5.41, 5.74) is 3.24. The zero-order valence-electron chi connectivity index (χ0n) is 13.6. The lowest BCUT2D eigenvalue weighted by Crippen LogP contribution is -2.18. The van der Waals surface area contributed by atoms with Crippen LogP contribution in [0.25, 0.3) is 0 Å². The largest absolute Gasteiger partial charge is 0.457 e. The van der Waals surface area contributed by atoms with Crippen LogP contribution in [0.1, 0.15) is 35.6 Å². The quantitative estimate of drug-likeness (QED) is 0.610. The topological polar surface area (TPSA) is 26.3 Å². The monoisotopic (exact) mass is 316 g/mol. The Morgan fingerprint density at radius 1 is 0.667 bits per heavy atom. The second kappa shape index (κ2) is 7.60. The summed E-state index contributed by atoms with van der Waals surface area (Å²) in [7, 11) is 0. The molecular weight excluding hydrogens is 296 g/mol. The highest BCUT2D eigenvalue weighted by atomic mass is 16.5. The Morgan fingerprint density at radius 2 is 1.04 bits per heavy atom. The number of ether oxygens (including phenoxy) is 1. The predicted octanol–water partition coefficient (Wildman–Crippen LogP) is 5.12. The van der Waals surface area contributed by atoms with Gasteiger partial charge in [0.2, 0.25) is 0 Å². The van der Waals surface area contributed by atoms with Crippen LogP contribution in [0, 0.1) is 0 Å². The molecule has 0 saturated heterocycles. The lowest BCUT2D eigenvalue weighted by atomic mass is 9.83. The van der Waals surface area contributed by atoms with E-state index in [2.05, 4.69) is 24.3 Å². The van der Waals surface area contributed by atoms with Gasteiger partial charge >= 0.3 is 5.97 Å². The van der Waals surface area contributed by atoms with Gasteiger partial charge in [-0.15, -0.1) is 0 Å². The molecule has 0 radical (unpaired) electrons. The molecule has 3 rings (SSSR count). The van der Waals surface area contributed by atoms with Gasteiger partial charge in [0.1, 0.15) is 6.10 Å². The number of benzene rings is 3. The average Bonchev–Trinajstić information content (AvgIpc) is 2.63. The maximum Gasteiger partial charge on any atom is 0.303 e. The van der Waals surface area contributed by atoms with Crippen molar-refractivity contribution in [2.75, 3.05) is 0 Å². The van der Waals surface area contributed by atoms with Crippen LogP contribution in [-0.4, -0.2) is 5.97 Å². The van der Waals surface area contributed by atoms with E-state index < -0.39 is 0 Å². The smallest absolute Gasteiger partial charge is 0.303 e. The summed E-state index contributed by atoms with van der Waals surface area (Å²) in [4.78, 5) is 11.8. The normalized spacial score (nSPS) is 11.9. The minimum atomic E-state index is -0.367. The second-order valence-electron chi connectivity index (χ2n) is 5.74. The van der Waals surface area contributed by atoms with E-state index in [0.29, 0.717) is 0 Å². The Labute approximate surface area is 142 Å². The lowest BCUT2D eigenvalue weighted by molar-refractivity contribution is -0.147. The molecule has 0 amide bonds. The fourth-order valence-electron chi connectivity index (χ4n) is 3.01. The zero-order valence-corrected chi connectivity index (χ0v) is 13.6. The van der Waals surface area contributed by atoms with Crippen LogP contribution in [0.2, 0.25) is 0 Å². The Balaban J connectivity index is 2.12. The summed E-state index contributed by atoms with van der Waals surface area (Å²) in [6, 6.07) is 30.3. The van der Waals surface area contributed by atoms with E-state index in [1.54, 1.807) is 0 Å². The molecule has 0 aliphatic carbocycles. The fraction of sp³-hybridized carbons (Fsp3) is 0.136. The van der Waals surface area contributed by atoms with Crippen LogP contribution in [0.15, 0.2) is 91.0 Å². The van der Waals surface area contributed by atoms with Gasteiger partial charge in [-0.25, -0.2) is 0 Å². The SMILES string of the molecule is CC(=O)O[C@@H](c1ccccc1)C(c1ccccc1)c1ccccc1. The first kappa shape index (κ1) is 16.0. The first-order valence-corrected chi connectivity index (χ1v) is 8.08. The maximum absolute atomic E-state index is 11.8. The highest BCUT2D eigenvalue weighted by Crippen LogP contribution is 2.39. The van der Waals surface area contributed by atoms with E-state index in [0.717, 1.165) is 16.7 Å². The Hall–Kier alpha value is -2.87. The van der Waals surface area contributed by atoms with Gasteiger partial charge in [-0.05, 0) is 16.7 Å². The molecule has 1 atom stereocenters. The van der Waals surface area contributed by atoms with E-state index in [-0.39, 0.29) is 18.0 Å². The summed E-state index contributed by atoms with van der Waals surface area (Å²) in [5.74, 6) is -0.334. The number of carbonyl (C=O) groups is 1. The van der Waals surface area contributed by atoms with Crippen molar-refractivity contribution in [1.29, 1.82) is 0 Å². The summed E-state index contributed by atoms with van der Waals surface area (Å²) in [6.07, 6.45) is -0.367. The molecule has 24 heavy (non-hydrogen) atoms. The molecule has 0 bridgehead atoms. The van der Waals surface area contributed by atoms with Gasteiger partial charge < -0.3 is 4.74 Å². The van der Waals surface area contributed by atoms with Crippen molar-refractivity contribution < 1.29 is 9.53 Å². The standard InChI is InChI=1S/C22H20O2/c1-17(23)24-22(20-15-9-4-10-16-20)21(18-11-5-2-6-12-18)19-13-7-3-8-14-19/h2-16,21-22H,1H3/t22-/m0/s1. The molecule has 0 heterocycles. The van der Waals surface area contributed by atoms with Crippen molar-refractivity contribution >= 4 is 5.97 Å². The number of hydrogen-bond acceptors (Lipinski definition) is 2. The van der Waals surface area contributed by atoms with Crippen molar-refractivity contribution in [3.63, 3.8) is 0 Å². The summed E-state index contributed by atoms with van der Waals surface area (Å²) >= 11 is 0. The van der Waals surface area contributed by atoms with Gasteiger partial charge in [-0.2, -0.15) is 0 Å². The Kier molecular flexibility index (Phi) is 5.07. The van der Waals surface area contributed by atoms with Crippen LogP contribution < -0.4 is 0 Å². The summed E-state index contributed by atoms with van der Waals surface area (Å²) in [6.45, 7) is 1.46. The van der Waals surface area contributed by atoms with Gasteiger partial charge in [-0.3, -0.25) is 4.79 Å². The second-order valence-corrected chi connectivity index (χ2v) is 5.74. The van der Waals surface area contributed by atoms with Crippen LogP contribution in [0.3, 0.4) is 0 Å². The minimum Gasteiger partial charge on any atom is -0.457 e. The molecule has 3 aromatic carbocycles. The summed E-state index contributed by atoms with van der Waals surface area (Å²) in [5, 5.41) is 0. The molecule has 0 aliphatic rings. The van der Waals surface area contributed by atoms with Crippen molar-refractivity contribution in [3.05, 3.63) is 108 Å². The van der Waals surface area contributed by atoms with Crippen molar-refractivity contribution in [3.8, 4) is 0 Å². The molecule has 0 unspecified atom stereocenters. The van der Waals surface area contributed by atoms with E-state index >= 15 is 0 Å². The number of rotatable bonds is 5. The predicted molar refractivity (Wildman–Crippen MR) is 95.7 cm³/mol. The van der Waals surface area contributed by atoms with Crippen LogP contribution >= 0.6 is 0 Å². The molecule has 0 fully saturated rings. The minimum absolute atomic E-state index is 0.0568. The van der Waals surface area contributed by atoms with Gasteiger partial charge in [0.25, 0.3) is 0 Å². The Bertz CT molecular complexity index is 727. The molecule has 0 aliphatic heterocycles. The van der Waals surface area contributed by atoms with Crippen LogP contribution in [-0.2, 0) is 9.53 Å². The molecule has 0 aromatic heterocycles. The van der Waals surface area contributed by atoms with Crippen molar-refractivity contribution in [2.45, 2.75) is 18.9 Å². The van der Waals surface area contributed by atoms with E-state index in [9.17, 15) is 4.79 Å². The third-order valence-electron chi connectivity index (χ3n) is 4.04. The molecule has 0 spiro atoms. The molecule has 120 valence electrons. The molecular formula is C22H20O2. The highest BCUT2D eigenvalue weighted by molar-refractivity contribution is 5.66. The van der Waals surface area contributed by atoms with Gasteiger partial charge in [0, 0.05) is 6.92 Å². The zero-order chi connectivity index (χ0) is 16.8. The third kappa shape index (κ3) is 3.72. The molecule has 2 heteroatoms. The van der Waals surface area contributed by atoms with Crippen LogP contribution in [0.4, 0.5) is 0 Å². The van der Waals surface area contributed by atoms with Crippen molar-refractivity contribution in [2.24, 2.45) is 0 Å². The van der Waals surface area contributed by atoms with E-state index in [1.165, 1.54) is 6.92 Å². The number of carbonyl (C=O) groups excluding carboxylic acids is 1. The Morgan fingerprint density at radius 3 is 1.42 bits per heavy atom. The average molecular weight is 316 g/mol. The maximum atomic E-state index is 11.8. The lowest BCUT2D eigenvalue weighted by Gasteiger charge is -2.28. The summed E-state index contributed by atoms with van der Waals surface area (Å²) < 4.78 is 5.77. The van der Waals surface area contributed by atoms with Gasteiger partial charge in [-0.1, -0.05) is 91.0 Å². The number of esters is 1. The van der Waals surface area contributed by atoms with Crippen LogP contribution in [0.5, 0.6) is 0 Å². The van der Waals surface area contributed by atoms with Gasteiger partial charge in [0.15, 0.2) is 0 Å². The fourth-order valence-corrected chi connectivity index (χ4v) is 3.01.